The van der Waals surface area contributed by atoms with Gasteiger partial charge in [-0.3, -0.25) is 0 Å². The van der Waals surface area contributed by atoms with E-state index in [1.54, 1.807) is 12.3 Å². The first-order valence-electron chi connectivity index (χ1n) is 4.15. The lowest BCUT2D eigenvalue weighted by atomic mass is 10.3. The van der Waals surface area contributed by atoms with Gasteiger partial charge in [0.1, 0.15) is 5.15 Å². The molecule has 0 saturated carbocycles. The molecular formula is C10H12ClNS. The molecule has 3 heteroatoms. The Bertz CT molecular complexity index is 292. The van der Waals surface area contributed by atoms with E-state index in [4.69, 9.17) is 11.6 Å². The molecule has 0 bridgehead atoms. The third-order valence-electron chi connectivity index (χ3n) is 1.49. The lowest BCUT2D eigenvalue weighted by molar-refractivity contribution is 1.32. The van der Waals surface area contributed by atoms with Crippen molar-refractivity contribution in [1.29, 1.82) is 0 Å². The lowest BCUT2D eigenvalue weighted by Gasteiger charge is -1.97. The van der Waals surface area contributed by atoms with Crippen molar-refractivity contribution in [1.82, 2.24) is 4.98 Å². The number of rotatable bonds is 3. The van der Waals surface area contributed by atoms with Crippen LogP contribution in [0.5, 0.6) is 0 Å². The second kappa shape index (κ2) is 5.30. The summed E-state index contributed by atoms with van der Waals surface area (Å²) in [6, 6.07) is 3.77. The van der Waals surface area contributed by atoms with E-state index < -0.39 is 0 Å². The molecule has 0 saturated heterocycles. The Morgan fingerprint density at radius 3 is 2.92 bits per heavy atom. The molecule has 0 amide bonds. The van der Waals surface area contributed by atoms with Gasteiger partial charge in [0.15, 0.2) is 0 Å². The molecule has 0 spiro atoms. The zero-order valence-corrected chi connectivity index (χ0v) is 9.32. The maximum Gasteiger partial charge on any atom is 0.129 e. The first kappa shape index (κ1) is 10.6. The molecule has 0 atom stereocenters. The summed E-state index contributed by atoms with van der Waals surface area (Å²) in [7, 11) is 0. The summed E-state index contributed by atoms with van der Waals surface area (Å²) in [6.07, 6.45) is 3.89. The number of hydrogen-bond donors (Lipinski definition) is 0. The van der Waals surface area contributed by atoms with Gasteiger partial charge >= 0.3 is 0 Å². The highest BCUT2D eigenvalue weighted by Gasteiger charge is 1.92. The van der Waals surface area contributed by atoms with Gasteiger partial charge in [0.2, 0.25) is 0 Å². The third kappa shape index (κ3) is 3.83. The van der Waals surface area contributed by atoms with Crippen LogP contribution in [0.1, 0.15) is 19.4 Å². The number of thioether (sulfide) groups is 1. The van der Waals surface area contributed by atoms with E-state index in [9.17, 15) is 0 Å². The minimum atomic E-state index is 0.540. The zero-order chi connectivity index (χ0) is 9.68. The molecule has 0 unspecified atom stereocenters. The molecule has 13 heavy (non-hydrogen) atoms. The molecule has 70 valence electrons. The largest absolute Gasteiger partial charge is 0.244 e. The molecule has 1 aromatic heterocycles. The average molecular weight is 214 g/mol. The van der Waals surface area contributed by atoms with Crippen molar-refractivity contribution in [2.24, 2.45) is 0 Å². The van der Waals surface area contributed by atoms with E-state index in [2.05, 4.69) is 24.9 Å². The van der Waals surface area contributed by atoms with E-state index in [0.29, 0.717) is 5.15 Å². The van der Waals surface area contributed by atoms with Gasteiger partial charge in [0, 0.05) is 6.20 Å². The Morgan fingerprint density at radius 1 is 1.62 bits per heavy atom. The molecule has 0 aliphatic heterocycles. The van der Waals surface area contributed by atoms with Crippen LogP contribution < -0.4 is 0 Å². The Balaban J connectivity index is 2.73. The first-order chi connectivity index (χ1) is 6.22. The van der Waals surface area contributed by atoms with Gasteiger partial charge in [-0.15, -0.1) is 11.8 Å². The Labute approximate surface area is 88.2 Å². The highest BCUT2D eigenvalue weighted by atomic mass is 35.5. The Hall–Kier alpha value is -0.470. The van der Waals surface area contributed by atoms with Crippen LogP contribution in [0.25, 0.3) is 6.08 Å². The van der Waals surface area contributed by atoms with Gasteiger partial charge in [0.25, 0.3) is 0 Å². The standard InChI is InChI=1S/C10H12ClNS/c1-3-13-8(2)6-9-4-5-10(11)12-7-9/h4-7H,3H2,1-2H3/b8-6+. The highest BCUT2D eigenvalue weighted by molar-refractivity contribution is 8.03. The van der Waals surface area contributed by atoms with Crippen LogP contribution in [0.15, 0.2) is 23.2 Å². The number of hydrogen-bond acceptors (Lipinski definition) is 2. The van der Waals surface area contributed by atoms with E-state index >= 15 is 0 Å². The second-order valence-corrected chi connectivity index (χ2v) is 4.50. The van der Waals surface area contributed by atoms with Crippen molar-refractivity contribution in [3.8, 4) is 0 Å². The lowest BCUT2D eigenvalue weighted by Crippen LogP contribution is -1.78. The van der Waals surface area contributed by atoms with Gasteiger partial charge in [-0.2, -0.15) is 0 Å². The summed E-state index contributed by atoms with van der Waals surface area (Å²) in [6.45, 7) is 4.24. The van der Waals surface area contributed by atoms with E-state index in [-0.39, 0.29) is 0 Å². The summed E-state index contributed by atoms with van der Waals surface area (Å²) < 4.78 is 0. The SMILES string of the molecule is CCS/C(C)=C/c1ccc(Cl)nc1. The number of aromatic nitrogens is 1. The van der Waals surface area contributed by atoms with Crippen molar-refractivity contribution in [2.45, 2.75) is 13.8 Å². The summed E-state index contributed by atoms with van der Waals surface area (Å²) in [5.74, 6) is 1.10. The van der Waals surface area contributed by atoms with E-state index in [1.807, 2.05) is 17.8 Å². The van der Waals surface area contributed by atoms with Crippen molar-refractivity contribution in [3.05, 3.63) is 34.0 Å². The highest BCUT2D eigenvalue weighted by Crippen LogP contribution is 2.17. The van der Waals surface area contributed by atoms with Crippen LogP contribution in [-0.4, -0.2) is 10.7 Å². The molecule has 0 aromatic carbocycles. The fourth-order valence-corrected chi connectivity index (χ4v) is 1.76. The van der Waals surface area contributed by atoms with E-state index in [1.165, 1.54) is 4.91 Å². The predicted molar refractivity (Wildman–Crippen MR) is 61.0 cm³/mol. The quantitative estimate of drug-likeness (QED) is 0.708. The van der Waals surface area contributed by atoms with Gasteiger partial charge in [-0.05, 0) is 35.3 Å². The zero-order valence-electron chi connectivity index (χ0n) is 7.75. The van der Waals surface area contributed by atoms with Crippen LogP contribution in [0.2, 0.25) is 5.15 Å². The van der Waals surface area contributed by atoms with Crippen molar-refractivity contribution in [3.63, 3.8) is 0 Å². The van der Waals surface area contributed by atoms with Crippen molar-refractivity contribution in [2.75, 3.05) is 5.75 Å². The monoisotopic (exact) mass is 213 g/mol. The molecule has 1 heterocycles. The molecule has 0 fully saturated rings. The van der Waals surface area contributed by atoms with E-state index in [0.717, 1.165) is 11.3 Å². The Kier molecular flexibility index (Phi) is 4.33. The fourth-order valence-electron chi connectivity index (χ4n) is 0.977. The summed E-state index contributed by atoms with van der Waals surface area (Å²) in [4.78, 5) is 5.30. The van der Waals surface area contributed by atoms with Gasteiger partial charge < -0.3 is 0 Å². The maximum absolute atomic E-state index is 5.67. The summed E-state index contributed by atoms with van der Waals surface area (Å²) >= 11 is 7.50. The number of halogens is 1. The molecule has 1 nitrogen and oxygen atoms in total. The molecule has 0 aliphatic carbocycles. The van der Waals surface area contributed by atoms with Crippen LogP contribution in [0, 0.1) is 0 Å². The number of allylic oxidation sites excluding steroid dienone is 1. The molecular weight excluding hydrogens is 202 g/mol. The van der Waals surface area contributed by atoms with Crippen molar-refractivity contribution < 1.29 is 0 Å². The summed E-state index contributed by atoms with van der Waals surface area (Å²) in [5, 5.41) is 0.540. The average Bonchev–Trinajstić information content (AvgIpc) is 2.09. The molecule has 0 aliphatic rings. The predicted octanol–water partition coefficient (Wildman–Crippen LogP) is 3.85. The second-order valence-electron chi connectivity index (χ2n) is 2.60. The third-order valence-corrected chi connectivity index (χ3v) is 2.58. The maximum atomic E-state index is 5.67. The number of nitrogens with zero attached hydrogens (tertiary/aromatic N) is 1. The number of pyridine rings is 1. The van der Waals surface area contributed by atoms with Crippen molar-refractivity contribution >= 4 is 29.4 Å². The normalized spacial score (nSPS) is 11.8. The minimum absolute atomic E-state index is 0.540. The fraction of sp³-hybridized carbons (Fsp3) is 0.300. The molecule has 1 rings (SSSR count). The first-order valence-corrected chi connectivity index (χ1v) is 5.51. The van der Waals surface area contributed by atoms with Gasteiger partial charge in [0.05, 0.1) is 0 Å². The van der Waals surface area contributed by atoms with Crippen LogP contribution in [0.4, 0.5) is 0 Å². The van der Waals surface area contributed by atoms with Gasteiger partial charge in [-0.1, -0.05) is 24.6 Å². The van der Waals surface area contributed by atoms with Crippen LogP contribution in [-0.2, 0) is 0 Å². The topological polar surface area (TPSA) is 12.9 Å². The minimum Gasteiger partial charge on any atom is -0.244 e. The molecule has 0 radical (unpaired) electrons. The van der Waals surface area contributed by atoms with Gasteiger partial charge in [-0.25, -0.2) is 4.98 Å². The Morgan fingerprint density at radius 2 is 2.38 bits per heavy atom. The smallest absolute Gasteiger partial charge is 0.129 e. The van der Waals surface area contributed by atoms with Crippen LogP contribution in [0.3, 0.4) is 0 Å². The van der Waals surface area contributed by atoms with Crippen LogP contribution >= 0.6 is 23.4 Å². The summed E-state index contributed by atoms with van der Waals surface area (Å²) in [5.41, 5.74) is 1.10. The molecule has 0 N–H and O–H groups in total. The molecule has 1 aromatic rings.